The maximum absolute atomic E-state index is 12.6. The summed E-state index contributed by atoms with van der Waals surface area (Å²) in [6.45, 7) is 5.27. The van der Waals surface area contributed by atoms with Crippen LogP contribution in [0.3, 0.4) is 0 Å². The van der Waals surface area contributed by atoms with Gasteiger partial charge in [0.05, 0.1) is 6.42 Å². The van der Waals surface area contributed by atoms with Crippen LogP contribution in [-0.2, 0) is 19.1 Å². The Labute approximate surface area is 145 Å². The zero-order valence-electron chi connectivity index (χ0n) is 15.1. The molecule has 1 aliphatic carbocycles. The summed E-state index contributed by atoms with van der Waals surface area (Å²) in [5.74, 6) is -1.93. The van der Waals surface area contributed by atoms with Gasteiger partial charge in [-0.15, -0.1) is 0 Å². The number of hydrogen-bond donors (Lipinski definition) is 1. The number of esters is 2. The van der Waals surface area contributed by atoms with Crippen LogP contribution in [0, 0.1) is 5.92 Å². The van der Waals surface area contributed by atoms with Crippen LogP contribution in [0.4, 0.5) is 13.2 Å². The van der Waals surface area contributed by atoms with Crippen LogP contribution in [0.5, 0.6) is 0 Å². The molecule has 0 aromatic rings. The summed E-state index contributed by atoms with van der Waals surface area (Å²) in [6.07, 6.45) is -2.48. The van der Waals surface area contributed by atoms with Gasteiger partial charge in [-0.05, 0) is 46.5 Å². The summed E-state index contributed by atoms with van der Waals surface area (Å²) >= 11 is 0. The molecule has 1 rings (SSSR count). The lowest BCUT2D eigenvalue weighted by Gasteiger charge is -2.37. The Bertz CT molecular complexity index is 479. The van der Waals surface area contributed by atoms with E-state index in [0.29, 0.717) is 6.92 Å². The molecule has 1 N–H and O–H groups in total. The third-order valence-corrected chi connectivity index (χ3v) is 4.69. The van der Waals surface area contributed by atoms with Crippen molar-refractivity contribution in [2.24, 2.45) is 5.92 Å². The van der Waals surface area contributed by atoms with Crippen molar-refractivity contribution in [3.8, 4) is 0 Å². The molecule has 0 spiro atoms. The fourth-order valence-corrected chi connectivity index (χ4v) is 2.89. The Morgan fingerprint density at radius 2 is 1.64 bits per heavy atom. The van der Waals surface area contributed by atoms with E-state index in [2.05, 4.69) is 0 Å². The predicted octanol–water partition coefficient (Wildman–Crippen LogP) is 3.52. The van der Waals surface area contributed by atoms with Gasteiger partial charge in [-0.3, -0.25) is 4.79 Å². The smallest absolute Gasteiger partial charge is 0.417 e. The number of rotatable bonds is 6. The minimum absolute atomic E-state index is 0.194. The van der Waals surface area contributed by atoms with Crippen molar-refractivity contribution in [1.82, 2.24) is 0 Å². The second-order valence-corrected chi connectivity index (χ2v) is 7.44. The first-order valence-corrected chi connectivity index (χ1v) is 8.48. The lowest BCUT2D eigenvalue weighted by atomic mass is 9.79. The Kier molecular flexibility index (Phi) is 6.89. The third-order valence-electron chi connectivity index (χ3n) is 4.69. The Morgan fingerprint density at radius 3 is 2.12 bits per heavy atom. The van der Waals surface area contributed by atoms with Crippen LogP contribution in [0.2, 0.25) is 0 Å². The van der Waals surface area contributed by atoms with E-state index in [9.17, 15) is 27.9 Å². The minimum atomic E-state index is -4.97. The highest BCUT2D eigenvalue weighted by molar-refractivity contribution is 5.79. The number of alkyl halides is 3. The van der Waals surface area contributed by atoms with Gasteiger partial charge in [0.1, 0.15) is 5.60 Å². The molecule has 1 fully saturated rings. The molecule has 8 heteroatoms. The Hall–Kier alpha value is -1.31. The molecule has 5 nitrogen and oxygen atoms in total. The van der Waals surface area contributed by atoms with Crippen LogP contribution >= 0.6 is 0 Å². The fraction of sp³-hybridized carbons (Fsp3) is 0.882. The Morgan fingerprint density at radius 1 is 1.12 bits per heavy atom. The highest BCUT2D eigenvalue weighted by Gasteiger charge is 2.51. The SMILES string of the molecule is CC(OC(=O)CC(C)(O)C(F)(F)F)C(=O)OC(C)(C)C1CCCCC1. The molecule has 0 aromatic heterocycles. The van der Waals surface area contributed by atoms with Crippen LogP contribution in [-0.4, -0.2) is 40.5 Å². The lowest BCUT2D eigenvalue weighted by molar-refractivity contribution is -0.256. The summed E-state index contributed by atoms with van der Waals surface area (Å²) in [6, 6.07) is 0. The summed E-state index contributed by atoms with van der Waals surface area (Å²) in [7, 11) is 0. The average molecular weight is 368 g/mol. The van der Waals surface area contributed by atoms with Gasteiger partial charge < -0.3 is 14.6 Å². The molecule has 0 heterocycles. The highest BCUT2D eigenvalue weighted by atomic mass is 19.4. The van der Waals surface area contributed by atoms with Crippen molar-refractivity contribution in [2.45, 2.75) is 89.7 Å². The van der Waals surface area contributed by atoms with Gasteiger partial charge in [-0.1, -0.05) is 19.3 Å². The largest absolute Gasteiger partial charge is 0.457 e. The molecule has 0 aliphatic heterocycles. The molecule has 25 heavy (non-hydrogen) atoms. The maximum Gasteiger partial charge on any atom is 0.417 e. The first kappa shape index (κ1) is 21.7. The number of hydrogen-bond acceptors (Lipinski definition) is 5. The number of aliphatic hydroxyl groups is 1. The van der Waals surface area contributed by atoms with Crippen molar-refractivity contribution < 1.29 is 37.3 Å². The predicted molar refractivity (Wildman–Crippen MR) is 83.6 cm³/mol. The van der Waals surface area contributed by atoms with Gasteiger partial charge in [0.25, 0.3) is 0 Å². The van der Waals surface area contributed by atoms with Crippen LogP contribution in [0.15, 0.2) is 0 Å². The highest BCUT2D eigenvalue weighted by Crippen LogP contribution is 2.35. The molecule has 2 atom stereocenters. The molecular weight excluding hydrogens is 341 g/mol. The van der Waals surface area contributed by atoms with Gasteiger partial charge in [0.15, 0.2) is 11.7 Å². The van der Waals surface area contributed by atoms with Crippen LogP contribution in [0.25, 0.3) is 0 Å². The summed E-state index contributed by atoms with van der Waals surface area (Å²) < 4.78 is 47.8. The zero-order valence-corrected chi connectivity index (χ0v) is 15.1. The molecule has 1 aliphatic rings. The second kappa shape index (κ2) is 7.93. The molecule has 146 valence electrons. The molecule has 0 bridgehead atoms. The summed E-state index contributed by atoms with van der Waals surface area (Å²) in [5, 5.41) is 9.29. The number of halogens is 3. The van der Waals surface area contributed by atoms with Crippen molar-refractivity contribution in [1.29, 1.82) is 0 Å². The van der Waals surface area contributed by atoms with Gasteiger partial charge >= 0.3 is 18.1 Å². The zero-order chi connectivity index (χ0) is 19.5. The van der Waals surface area contributed by atoms with Crippen LogP contribution < -0.4 is 0 Å². The summed E-state index contributed by atoms with van der Waals surface area (Å²) in [5.41, 5.74) is -3.95. The molecular formula is C17H27F3O5. The Balaban J connectivity index is 2.57. The molecule has 2 unspecified atom stereocenters. The van der Waals surface area contributed by atoms with E-state index in [0.717, 1.165) is 32.1 Å². The minimum Gasteiger partial charge on any atom is -0.457 e. The maximum atomic E-state index is 12.6. The summed E-state index contributed by atoms with van der Waals surface area (Å²) in [4.78, 5) is 23.7. The topological polar surface area (TPSA) is 72.8 Å². The lowest BCUT2D eigenvalue weighted by Crippen LogP contribution is -2.45. The van der Waals surface area contributed by atoms with Gasteiger partial charge in [-0.25, -0.2) is 4.79 Å². The molecule has 1 saturated carbocycles. The van der Waals surface area contributed by atoms with E-state index in [4.69, 9.17) is 9.47 Å². The fourth-order valence-electron chi connectivity index (χ4n) is 2.89. The number of carbonyl (C=O) groups excluding carboxylic acids is 2. The molecule has 0 radical (unpaired) electrons. The van der Waals surface area contributed by atoms with Crippen molar-refractivity contribution >= 4 is 11.9 Å². The van der Waals surface area contributed by atoms with E-state index in [1.54, 1.807) is 13.8 Å². The van der Waals surface area contributed by atoms with E-state index in [1.807, 2.05) is 0 Å². The first-order chi connectivity index (χ1) is 11.3. The van der Waals surface area contributed by atoms with Crippen LogP contribution in [0.1, 0.15) is 66.2 Å². The normalized spacial score (nSPS) is 20.5. The standard InChI is InChI=1S/C17H27F3O5/c1-11(24-13(21)10-16(4,23)17(18,19)20)14(22)25-15(2,3)12-8-6-5-7-9-12/h11-12,23H,5-10H2,1-4H3. The van der Waals surface area contributed by atoms with Crippen molar-refractivity contribution in [3.05, 3.63) is 0 Å². The molecule has 0 aromatic carbocycles. The quantitative estimate of drug-likeness (QED) is 0.726. The van der Waals surface area contributed by atoms with E-state index in [1.165, 1.54) is 6.92 Å². The van der Waals surface area contributed by atoms with E-state index < -0.39 is 41.8 Å². The van der Waals surface area contributed by atoms with Crippen molar-refractivity contribution in [2.75, 3.05) is 0 Å². The number of ether oxygens (including phenoxy) is 2. The van der Waals surface area contributed by atoms with Gasteiger partial charge in [0, 0.05) is 0 Å². The monoisotopic (exact) mass is 368 g/mol. The van der Waals surface area contributed by atoms with Gasteiger partial charge in [0.2, 0.25) is 0 Å². The van der Waals surface area contributed by atoms with Gasteiger partial charge in [-0.2, -0.15) is 13.2 Å². The molecule has 0 amide bonds. The molecule has 0 saturated heterocycles. The van der Waals surface area contributed by atoms with Crippen molar-refractivity contribution in [3.63, 3.8) is 0 Å². The average Bonchev–Trinajstić information content (AvgIpc) is 2.45. The first-order valence-electron chi connectivity index (χ1n) is 8.48. The number of carbonyl (C=O) groups is 2. The van der Waals surface area contributed by atoms with E-state index in [-0.39, 0.29) is 5.92 Å². The van der Waals surface area contributed by atoms with E-state index >= 15 is 0 Å². The third kappa shape index (κ3) is 6.17. The second-order valence-electron chi connectivity index (χ2n) is 7.44.